The van der Waals surface area contributed by atoms with E-state index in [-0.39, 0.29) is 13.2 Å². The largest absolute Gasteiger partial charge is 0.489 e. The van der Waals surface area contributed by atoms with E-state index in [1.54, 1.807) is 0 Å². The summed E-state index contributed by atoms with van der Waals surface area (Å²) in [4.78, 5) is 0. The van der Waals surface area contributed by atoms with Crippen molar-refractivity contribution in [3.8, 4) is 45.6 Å². The van der Waals surface area contributed by atoms with Gasteiger partial charge in [0.15, 0.2) is 0 Å². The summed E-state index contributed by atoms with van der Waals surface area (Å²) < 4.78 is 53.4. The van der Waals surface area contributed by atoms with Crippen molar-refractivity contribution in [2.24, 2.45) is 0 Å². The highest BCUT2D eigenvalue weighted by Crippen LogP contribution is 2.54. The van der Waals surface area contributed by atoms with Crippen LogP contribution in [0.1, 0.15) is 63.4 Å². The van der Waals surface area contributed by atoms with Crippen molar-refractivity contribution in [3.63, 3.8) is 0 Å². The summed E-state index contributed by atoms with van der Waals surface area (Å²) in [6.45, 7) is 6.34. The number of benzene rings is 9. The molecule has 10 rings (SSSR count). The van der Waals surface area contributed by atoms with Crippen LogP contribution in [0, 0.1) is 0 Å². The van der Waals surface area contributed by atoms with Crippen LogP contribution in [-0.4, -0.2) is 26.4 Å². The van der Waals surface area contributed by atoms with Crippen molar-refractivity contribution in [1.29, 1.82) is 0 Å². The first-order valence-electron chi connectivity index (χ1n) is 26.4. The van der Waals surface area contributed by atoms with Crippen LogP contribution in [0.5, 0.6) is 34.5 Å². The molecule has 0 spiro atoms. The maximum absolute atomic E-state index is 6.87. The fraction of sp³-hybridized carbons (Fsp3) is 0.206. The topological polar surface area (TPSA) is 73.8 Å². The summed E-state index contributed by atoms with van der Waals surface area (Å²) in [7, 11) is 0. The number of hydrogen-bond acceptors (Lipinski definition) is 8. The van der Waals surface area contributed by atoms with Crippen LogP contribution in [0.2, 0.25) is 0 Å². The normalized spacial score (nSPS) is 12.1. The van der Waals surface area contributed by atoms with E-state index >= 15 is 0 Å². The second kappa shape index (κ2) is 26.8. The molecule has 1 aliphatic rings. The molecule has 0 fully saturated rings. The zero-order valence-electron chi connectivity index (χ0n) is 43.7. The molecule has 78 heavy (non-hydrogen) atoms. The molecule has 0 saturated carbocycles. The average Bonchev–Trinajstić information content (AvgIpc) is 4.00. The summed E-state index contributed by atoms with van der Waals surface area (Å²) in [5.41, 5.74) is 11.5. The molecule has 9 aromatic rings. The molecule has 0 amide bonds. The standard InChI is InChI=1S/C68H62Br2O8/c1-2-71-29-30-72-28-27-68(66-37-56(69)23-25-64(66)65-26-24-57(70)38-67(65)68)42-53-31-58(77-47-54-33-60(73-43-49-15-7-3-8-16-49)40-61(34-54)74-44-50-17-9-4-10-18-50)39-59(32-53)78-48-55-35-62(75-45-51-19-11-5-12-20-51)41-63(36-55)76-46-52-21-13-6-14-22-52/h3-26,31-41H,2,27-30,42-48H2,1H3. The highest BCUT2D eigenvalue weighted by atomic mass is 79.9. The highest BCUT2D eigenvalue weighted by Gasteiger charge is 2.43. The minimum Gasteiger partial charge on any atom is -0.489 e. The fourth-order valence-corrected chi connectivity index (χ4v) is 10.6. The van der Waals surface area contributed by atoms with E-state index in [1.807, 2.05) is 122 Å². The predicted octanol–water partition coefficient (Wildman–Crippen LogP) is 16.6. The van der Waals surface area contributed by atoms with Gasteiger partial charge in [0.2, 0.25) is 0 Å². The Labute approximate surface area is 475 Å². The Balaban J connectivity index is 0.990. The molecule has 0 radical (unpaired) electrons. The zero-order valence-corrected chi connectivity index (χ0v) is 46.9. The molecule has 0 bridgehead atoms. The average molecular weight is 1170 g/mol. The molecule has 396 valence electrons. The molecule has 0 saturated heterocycles. The third kappa shape index (κ3) is 14.6. The lowest BCUT2D eigenvalue weighted by molar-refractivity contribution is 0.0471. The Bertz CT molecular complexity index is 3020. The van der Waals surface area contributed by atoms with E-state index in [9.17, 15) is 0 Å². The summed E-state index contributed by atoms with van der Waals surface area (Å²) in [5, 5.41) is 0. The number of ether oxygens (including phenoxy) is 8. The lowest BCUT2D eigenvalue weighted by Crippen LogP contribution is -2.30. The first-order valence-corrected chi connectivity index (χ1v) is 28.0. The first-order chi connectivity index (χ1) is 38.3. The van der Waals surface area contributed by atoms with Gasteiger partial charge in [-0.15, -0.1) is 0 Å². The van der Waals surface area contributed by atoms with E-state index in [2.05, 4.69) is 129 Å². The van der Waals surface area contributed by atoms with Crippen LogP contribution < -0.4 is 28.4 Å². The molecule has 0 aliphatic heterocycles. The summed E-state index contributed by atoms with van der Waals surface area (Å²) >= 11 is 7.71. The number of rotatable bonds is 27. The van der Waals surface area contributed by atoms with Crippen molar-refractivity contribution < 1.29 is 37.9 Å². The molecule has 0 unspecified atom stereocenters. The van der Waals surface area contributed by atoms with Crippen LogP contribution in [-0.2, 0) is 61.0 Å². The van der Waals surface area contributed by atoms with Crippen LogP contribution >= 0.6 is 31.9 Å². The van der Waals surface area contributed by atoms with E-state index in [1.165, 1.54) is 22.3 Å². The monoisotopic (exact) mass is 1160 g/mol. The highest BCUT2D eigenvalue weighted by molar-refractivity contribution is 9.10. The summed E-state index contributed by atoms with van der Waals surface area (Å²) in [5.74, 6) is 4.05. The molecule has 0 heterocycles. The van der Waals surface area contributed by atoms with Gasteiger partial charge >= 0.3 is 0 Å². The minimum atomic E-state index is -0.482. The zero-order chi connectivity index (χ0) is 53.4. The Morgan fingerprint density at radius 2 is 0.641 bits per heavy atom. The lowest BCUT2D eigenvalue weighted by atomic mass is 9.71. The minimum absolute atomic E-state index is 0.237. The van der Waals surface area contributed by atoms with Gasteiger partial charge in [0, 0.05) is 45.8 Å². The maximum atomic E-state index is 6.87. The van der Waals surface area contributed by atoms with Crippen molar-refractivity contribution in [3.05, 3.63) is 271 Å². The van der Waals surface area contributed by atoms with Gasteiger partial charge in [-0.25, -0.2) is 0 Å². The van der Waals surface area contributed by atoms with Gasteiger partial charge in [-0.3, -0.25) is 0 Å². The second-order valence-corrected chi connectivity index (χ2v) is 21.1. The number of hydrogen-bond donors (Lipinski definition) is 0. The van der Waals surface area contributed by atoms with Crippen molar-refractivity contribution in [2.45, 2.75) is 64.8 Å². The molecule has 0 aromatic heterocycles. The van der Waals surface area contributed by atoms with Gasteiger partial charge in [-0.1, -0.05) is 165 Å². The van der Waals surface area contributed by atoms with Crippen LogP contribution in [0.25, 0.3) is 11.1 Å². The first kappa shape index (κ1) is 54.0. The number of fused-ring (bicyclic) bond motifs is 3. The molecular weight excluding hydrogens is 1100 g/mol. The predicted molar refractivity (Wildman–Crippen MR) is 315 cm³/mol. The summed E-state index contributed by atoms with van der Waals surface area (Å²) in [6.07, 6.45) is 1.35. The molecule has 1 aliphatic carbocycles. The van der Waals surface area contributed by atoms with Crippen LogP contribution in [0.3, 0.4) is 0 Å². The third-order valence-corrected chi connectivity index (χ3v) is 14.7. The quantitative estimate of drug-likeness (QED) is 0.0472. The molecule has 9 aromatic carbocycles. The maximum Gasteiger partial charge on any atom is 0.123 e. The smallest absolute Gasteiger partial charge is 0.123 e. The molecular formula is C68H62Br2O8. The van der Waals surface area contributed by atoms with Gasteiger partial charge in [-0.2, -0.15) is 0 Å². The van der Waals surface area contributed by atoms with Crippen molar-refractivity contribution in [2.75, 3.05) is 26.4 Å². The molecule has 10 heteroatoms. The summed E-state index contributed by atoms with van der Waals surface area (Å²) in [6, 6.07) is 72.1. The van der Waals surface area contributed by atoms with Crippen LogP contribution in [0.15, 0.2) is 221 Å². The SMILES string of the molecule is CCOCCOCCC1(Cc2cc(OCc3cc(OCc4ccccc4)cc(OCc4ccccc4)c3)cc(OCc3cc(OCc4ccccc4)cc(OCc4ccccc4)c3)c2)c2cc(Br)ccc2-c2ccc(Br)cc21. The Morgan fingerprint density at radius 3 is 0.987 bits per heavy atom. The number of halogens is 2. The van der Waals surface area contributed by atoms with Crippen molar-refractivity contribution >= 4 is 31.9 Å². The molecule has 8 nitrogen and oxygen atoms in total. The van der Waals surface area contributed by atoms with Crippen molar-refractivity contribution in [1.82, 2.24) is 0 Å². The van der Waals surface area contributed by atoms with Gasteiger partial charge < -0.3 is 37.9 Å². The molecule has 0 atom stereocenters. The van der Waals surface area contributed by atoms with E-state index in [0.717, 1.165) is 54.3 Å². The van der Waals surface area contributed by atoms with Gasteiger partial charge in [-0.05, 0) is 142 Å². The lowest BCUT2D eigenvalue weighted by Gasteiger charge is -2.33. The van der Waals surface area contributed by atoms with Gasteiger partial charge in [0.25, 0.3) is 0 Å². The fourth-order valence-electron chi connectivity index (χ4n) is 9.90. The Hall–Kier alpha value is -7.34. The van der Waals surface area contributed by atoms with E-state index in [0.29, 0.717) is 93.8 Å². The van der Waals surface area contributed by atoms with Gasteiger partial charge in [0.05, 0.1) is 13.2 Å². The van der Waals surface area contributed by atoms with Gasteiger partial charge in [0.1, 0.15) is 74.1 Å². The van der Waals surface area contributed by atoms with E-state index < -0.39 is 5.41 Å². The van der Waals surface area contributed by atoms with Crippen LogP contribution in [0.4, 0.5) is 0 Å². The third-order valence-electron chi connectivity index (χ3n) is 13.7. The Morgan fingerprint density at radius 1 is 0.321 bits per heavy atom. The molecule has 0 N–H and O–H groups in total. The van der Waals surface area contributed by atoms with E-state index in [4.69, 9.17) is 37.9 Å². The Kier molecular flexibility index (Phi) is 18.6. The second-order valence-electron chi connectivity index (χ2n) is 19.3.